The number of benzene rings is 1. The lowest BCUT2D eigenvalue weighted by Gasteiger charge is -2.34. The normalized spacial score (nSPS) is 14.4. The number of carbonyl (C=O) groups is 1. The largest absolute Gasteiger partial charge is 0.351 e. The number of imidazole rings is 1. The molecule has 9 heteroatoms. The lowest BCUT2D eigenvalue weighted by Crippen LogP contribution is -2.49. The standard InChI is InChI=1S/C25H27N7OS/c33-24(26-11-13-30-14-16-31(17-15-30)25-27-9-5-10-28-25)21-6-1-2-7-22(21)34-19-20-18-32-12-4-3-8-23(32)29-20/h1-10,12,18H,11,13-17,19H2,(H,26,33). The Balaban J connectivity index is 1.11. The van der Waals surface area contributed by atoms with Crippen molar-refractivity contribution >= 4 is 29.3 Å². The number of fused-ring (bicyclic) bond motifs is 1. The number of amides is 1. The number of anilines is 1. The Morgan fingerprint density at radius 1 is 0.971 bits per heavy atom. The number of nitrogens with one attached hydrogen (secondary N) is 1. The smallest absolute Gasteiger partial charge is 0.252 e. The molecule has 1 saturated heterocycles. The summed E-state index contributed by atoms with van der Waals surface area (Å²) in [6, 6.07) is 15.6. The molecule has 0 bridgehead atoms. The molecule has 1 aliphatic heterocycles. The molecule has 174 valence electrons. The first-order chi connectivity index (χ1) is 16.8. The van der Waals surface area contributed by atoms with Crippen LogP contribution in [0.5, 0.6) is 0 Å². The van der Waals surface area contributed by atoms with Crippen molar-refractivity contribution in [3.8, 4) is 0 Å². The molecule has 4 heterocycles. The molecule has 1 aliphatic rings. The first kappa shape index (κ1) is 22.4. The molecule has 1 N–H and O–H groups in total. The van der Waals surface area contributed by atoms with Crippen LogP contribution in [0.15, 0.2) is 78.2 Å². The SMILES string of the molecule is O=C(NCCN1CCN(c2ncccn2)CC1)c1ccccc1SCc1cn2ccccc2n1. The van der Waals surface area contributed by atoms with E-state index in [1.807, 2.05) is 65.3 Å². The minimum atomic E-state index is -0.0329. The summed E-state index contributed by atoms with van der Waals surface area (Å²) in [6.45, 7) is 5.08. The molecule has 1 fully saturated rings. The summed E-state index contributed by atoms with van der Waals surface area (Å²) in [5.74, 6) is 1.46. The van der Waals surface area contributed by atoms with Gasteiger partial charge in [0.2, 0.25) is 5.95 Å². The summed E-state index contributed by atoms with van der Waals surface area (Å²) in [4.78, 5) is 31.8. The third-order valence-corrected chi connectivity index (χ3v) is 6.95. The maximum Gasteiger partial charge on any atom is 0.252 e. The molecule has 0 unspecified atom stereocenters. The topological polar surface area (TPSA) is 78.7 Å². The molecule has 1 amide bonds. The first-order valence-corrected chi connectivity index (χ1v) is 12.4. The molecule has 0 radical (unpaired) electrons. The maximum absolute atomic E-state index is 12.9. The zero-order valence-corrected chi connectivity index (χ0v) is 19.7. The van der Waals surface area contributed by atoms with Crippen LogP contribution >= 0.6 is 11.8 Å². The third kappa shape index (κ3) is 5.37. The van der Waals surface area contributed by atoms with Gasteiger partial charge in [-0.15, -0.1) is 11.8 Å². The second-order valence-corrected chi connectivity index (χ2v) is 9.13. The lowest BCUT2D eigenvalue weighted by atomic mass is 10.2. The molecule has 0 saturated carbocycles. The molecule has 0 aliphatic carbocycles. The number of nitrogens with zero attached hydrogens (tertiary/aromatic N) is 6. The van der Waals surface area contributed by atoms with E-state index in [1.165, 1.54) is 0 Å². The molecule has 34 heavy (non-hydrogen) atoms. The van der Waals surface area contributed by atoms with E-state index < -0.39 is 0 Å². The van der Waals surface area contributed by atoms with Crippen molar-refractivity contribution in [3.63, 3.8) is 0 Å². The predicted octanol–water partition coefficient (Wildman–Crippen LogP) is 2.97. The average Bonchev–Trinajstić information content (AvgIpc) is 3.32. The van der Waals surface area contributed by atoms with Crippen LogP contribution in [0.1, 0.15) is 16.1 Å². The van der Waals surface area contributed by atoms with Crippen LogP contribution in [0.4, 0.5) is 5.95 Å². The van der Waals surface area contributed by atoms with Gasteiger partial charge in [0.15, 0.2) is 0 Å². The fraction of sp³-hybridized carbons (Fsp3) is 0.280. The summed E-state index contributed by atoms with van der Waals surface area (Å²) in [7, 11) is 0. The van der Waals surface area contributed by atoms with Gasteiger partial charge in [-0.3, -0.25) is 9.69 Å². The van der Waals surface area contributed by atoms with Crippen LogP contribution in [0.25, 0.3) is 5.65 Å². The van der Waals surface area contributed by atoms with Gasteiger partial charge in [0.1, 0.15) is 5.65 Å². The van der Waals surface area contributed by atoms with Gasteiger partial charge in [-0.05, 0) is 30.3 Å². The highest BCUT2D eigenvalue weighted by Crippen LogP contribution is 2.26. The summed E-state index contributed by atoms with van der Waals surface area (Å²) >= 11 is 1.64. The Labute approximate surface area is 203 Å². The van der Waals surface area contributed by atoms with Crippen LogP contribution in [0.3, 0.4) is 0 Å². The Hall–Kier alpha value is -3.43. The van der Waals surface area contributed by atoms with E-state index in [0.29, 0.717) is 17.9 Å². The molecule has 4 aromatic rings. The minimum absolute atomic E-state index is 0.0329. The van der Waals surface area contributed by atoms with Gasteiger partial charge < -0.3 is 14.6 Å². The van der Waals surface area contributed by atoms with Crippen molar-refractivity contribution in [2.45, 2.75) is 10.6 Å². The Morgan fingerprint density at radius 2 is 1.76 bits per heavy atom. The summed E-state index contributed by atoms with van der Waals surface area (Å²) < 4.78 is 2.02. The number of aromatic nitrogens is 4. The van der Waals surface area contributed by atoms with E-state index in [-0.39, 0.29) is 5.91 Å². The number of rotatable bonds is 8. The predicted molar refractivity (Wildman–Crippen MR) is 134 cm³/mol. The van der Waals surface area contributed by atoms with Gasteiger partial charge in [-0.25, -0.2) is 15.0 Å². The van der Waals surface area contributed by atoms with Crippen molar-refractivity contribution in [2.24, 2.45) is 0 Å². The number of hydrogen-bond acceptors (Lipinski definition) is 7. The van der Waals surface area contributed by atoms with E-state index in [9.17, 15) is 4.79 Å². The quantitative estimate of drug-likeness (QED) is 0.394. The van der Waals surface area contributed by atoms with E-state index in [1.54, 1.807) is 24.2 Å². The van der Waals surface area contributed by atoms with Crippen molar-refractivity contribution in [1.82, 2.24) is 29.6 Å². The molecule has 1 aromatic carbocycles. The van der Waals surface area contributed by atoms with Gasteiger partial charge in [0.25, 0.3) is 5.91 Å². The van der Waals surface area contributed by atoms with Gasteiger partial charge in [-0.2, -0.15) is 0 Å². The highest BCUT2D eigenvalue weighted by atomic mass is 32.2. The van der Waals surface area contributed by atoms with Crippen LogP contribution in [-0.4, -0.2) is 69.4 Å². The fourth-order valence-electron chi connectivity index (χ4n) is 4.04. The summed E-state index contributed by atoms with van der Waals surface area (Å²) in [5, 5.41) is 3.10. The summed E-state index contributed by atoms with van der Waals surface area (Å²) in [6.07, 6.45) is 7.58. The van der Waals surface area contributed by atoms with Crippen LogP contribution in [0, 0.1) is 0 Å². The Morgan fingerprint density at radius 3 is 2.59 bits per heavy atom. The van der Waals surface area contributed by atoms with Gasteiger partial charge >= 0.3 is 0 Å². The zero-order chi connectivity index (χ0) is 23.2. The lowest BCUT2D eigenvalue weighted by molar-refractivity contribution is 0.0945. The Kier molecular flexibility index (Phi) is 7.02. The molecule has 0 spiro atoms. The molecular formula is C25H27N7OS. The highest BCUT2D eigenvalue weighted by Gasteiger charge is 2.19. The van der Waals surface area contributed by atoms with E-state index in [0.717, 1.165) is 54.9 Å². The number of pyridine rings is 1. The second-order valence-electron chi connectivity index (χ2n) is 8.12. The zero-order valence-electron chi connectivity index (χ0n) is 18.9. The molecule has 0 atom stereocenters. The van der Waals surface area contributed by atoms with Crippen LogP contribution in [0.2, 0.25) is 0 Å². The van der Waals surface area contributed by atoms with Gasteiger partial charge in [0, 0.05) is 74.7 Å². The maximum atomic E-state index is 12.9. The summed E-state index contributed by atoms with van der Waals surface area (Å²) in [5.41, 5.74) is 2.63. The van der Waals surface area contributed by atoms with Gasteiger partial charge in [-0.1, -0.05) is 18.2 Å². The van der Waals surface area contributed by atoms with E-state index in [2.05, 4.69) is 30.1 Å². The number of hydrogen-bond donors (Lipinski definition) is 1. The fourth-order valence-corrected chi connectivity index (χ4v) is 4.97. The second kappa shape index (κ2) is 10.7. The third-order valence-electron chi connectivity index (χ3n) is 5.84. The average molecular weight is 474 g/mol. The van der Waals surface area contributed by atoms with Crippen molar-refractivity contribution in [1.29, 1.82) is 0 Å². The first-order valence-electron chi connectivity index (χ1n) is 11.4. The highest BCUT2D eigenvalue weighted by molar-refractivity contribution is 7.98. The van der Waals surface area contributed by atoms with Crippen LogP contribution in [-0.2, 0) is 5.75 Å². The molecule has 5 rings (SSSR count). The number of carbonyl (C=O) groups excluding carboxylic acids is 1. The van der Waals surface area contributed by atoms with Crippen molar-refractivity contribution in [2.75, 3.05) is 44.2 Å². The molecule has 3 aromatic heterocycles. The van der Waals surface area contributed by atoms with E-state index >= 15 is 0 Å². The van der Waals surface area contributed by atoms with Crippen LogP contribution < -0.4 is 10.2 Å². The number of thioether (sulfide) groups is 1. The van der Waals surface area contributed by atoms with E-state index in [4.69, 9.17) is 0 Å². The van der Waals surface area contributed by atoms with Gasteiger partial charge in [0.05, 0.1) is 11.3 Å². The minimum Gasteiger partial charge on any atom is -0.351 e. The monoisotopic (exact) mass is 473 g/mol. The molecule has 8 nitrogen and oxygen atoms in total. The van der Waals surface area contributed by atoms with Crippen molar-refractivity contribution < 1.29 is 4.79 Å². The van der Waals surface area contributed by atoms with Crippen molar-refractivity contribution in [3.05, 3.63) is 84.6 Å². The molecular weight excluding hydrogens is 446 g/mol. The number of piperazine rings is 1. The Bertz CT molecular complexity index is 1210.